The lowest BCUT2D eigenvalue weighted by molar-refractivity contribution is 0.202. The lowest BCUT2D eigenvalue weighted by Crippen LogP contribution is -2.04. The van der Waals surface area contributed by atoms with Gasteiger partial charge in [0.15, 0.2) is 0 Å². The SMILES string of the molecule is OCCOc1c(-c2ccccc2)cccc1-c1ccccc1. The molecule has 0 aromatic heterocycles. The van der Waals surface area contributed by atoms with Gasteiger partial charge in [-0.15, -0.1) is 0 Å². The molecular formula is C20H18O2. The quantitative estimate of drug-likeness (QED) is 0.755. The summed E-state index contributed by atoms with van der Waals surface area (Å²) < 4.78 is 5.88. The molecule has 0 aliphatic rings. The number of ether oxygens (including phenoxy) is 1. The van der Waals surface area contributed by atoms with E-state index in [-0.39, 0.29) is 13.2 Å². The molecular weight excluding hydrogens is 272 g/mol. The molecule has 0 radical (unpaired) electrons. The first-order valence-corrected chi connectivity index (χ1v) is 7.37. The molecule has 110 valence electrons. The van der Waals surface area contributed by atoms with Gasteiger partial charge in [-0.2, -0.15) is 0 Å². The smallest absolute Gasteiger partial charge is 0.135 e. The molecule has 0 unspecified atom stereocenters. The van der Waals surface area contributed by atoms with Crippen molar-refractivity contribution >= 4 is 0 Å². The highest BCUT2D eigenvalue weighted by atomic mass is 16.5. The summed E-state index contributed by atoms with van der Waals surface area (Å²) in [5, 5.41) is 9.13. The predicted molar refractivity (Wildman–Crippen MR) is 89.9 cm³/mol. The Morgan fingerprint density at radius 3 is 1.59 bits per heavy atom. The number of hydrogen-bond donors (Lipinski definition) is 1. The summed E-state index contributed by atoms with van der Waals surface area (Å²) in [6.07, 6.45) is 0. The highest BCUT2D eigenvalue weighted by Gasteiger charge is 2.12. The van der Waals surface area contributed by atoms with E-state index in [1.807, 2.05) is 42.5 Å². The van der Waals surface area contributed by atoms with Crippen LogP contribution in [0.15, 0.2) is 78.9 Å². The van der Waals surface area contributed by atoms with Crippen molar-refractivity contribution in [1.29, 1.82) is 0 Å². The molecule has 0 spiro atoms. The second-order valence-electron chi connectivity index (χ2n) is 4.99. The Kier molecular flexibility index (Phi) is 4.52. The molecule has 3 aromatic carbocycles. The van der Waals surface area contributed by atoms with Crippen molar-refractivity contribution in [1.82, 2.24) is 0 Å². The first-order valence-electron chi connectivity index (χ1n) is 7.37. The molecule has 22 heavy (non-hydrogen) atoms. The summed E-state index contributed by atoms with van der Waals surface area (Å²) in [5.74, 6) is 0.814. The van der Waals surface area contributed by atoms with Crippen LogP contribution in [0, 0.1) is 0 Å². The summed E-state index contributed by atoms with van der Waals surface area (Å²) in [6.45, 7) is 0.279. The van der Waals surface area contributed by atoms with Gasteiger partial charge in [-0.05, 0) is 11.1 Å². The molecule has 2 nitrogen and oxygen atoms in total. The van der Waals surface area contributed by atoms with Crippen molar-refractivity contribution in [3.8, 4) is 28.0 Å². The van der Waals surface area contributed by atoms with E-state index in [1.54, 1.807) is 0 Å². The van der Waals surface area contributed by atoms with E-state index < -0.39 is 0 Å². The minimum atomic E-state index is -0.00263. The Balaban J connectivity index is 2.14. The second kappa shape index (κ2) is 6.92. The third kappa shape index (κ3) is 3.02. The third-order valence-electron chi connectivity index (χ3n) is 3.52. The van der Waals surface area contributed by atoms with Gasteiger partial charge in [-0.3, -0.25) is 0 Å². The fraction of sp³-hybridized carbons (Fsp3) is 0.100. The van der Waals surface area contributed by atoms with Gasteiger partial charge in [0.2, 0.25) is 0 Å². The number of hydrogen-bond acceptors (Lipinski definition) is 2. The van der Waals surface area contributed by atoms with Crippen molar-refractivity contribution in [2.45, 2.75) is 0 Å². The number of rotatable bonds is 5. The molecule has 0 aliphatic heterocycles. The van der Waals surface area contributed by atoms with E-state index in [0.717, 1.165) is 28.0 Å². The van der Waals surface area contributed by atoms with Crippen LogP contribution in [0.2, 0.25) is 0 Å². The molecule has 0 heterocycles. The minimum absolute atomic E-state index is 0.00263. The Morgan fingerprint density at radius 1 is 0.636 bits per heavy atom. The van der Waals surface area contributed by atoms with Crippen LogP contribution in [0.5, 0.6) is 5.75 Å². The number of para-hydroxylation sites is 1. The van der Waals surface area contributed by atoms with Crippen LogP contribution in [0.4, 0.5) is 0 Å². The topological polar surface area (TPSA) is 29.5 Å². The third-order valence-corrected chi connectivity index (χ3v) is 3.52. The van der Waals surface area contributed by atoms with Gasteiger partial charge in [0.25, 0.3) is 0 Å². The number of aliphatic hydroxyl groups excluding tert-OH is 1. The van der Waals surface area contributed by atoms with Crippen LogP contribution >= 0.6 is 0 Å². The fourth-order valence-electron chi connectivity index (χ4n) is 2.53. The molecule has 2 heteroatoms. The lowest BCUT2D eigenvalue weighted by atomic mass is 9.97. The van der Waals surface area contributed by atoms with E-state index in [2.05, 4.69) is 36.4 Å². The summed E-state index contributed by atoms with van der Waals surface area (Å²) >= 11 is 0. The van der Waals surface area contributed by atoms with Crippen molar-refractivity contribution in [3.05, 3.63) is 78.9 Å². The highest BCUT2D eigenvalue weighted by molar-refractivity contribution is 5.82. The molecule has 3 aromatic rings. The average Bonchev–Trinajstić information content (AvgIpc) is 2.61. The van der Waals surface area contributed by atoms with Gasteiger partial charge < -0.3 is 9.84 Å². The molecule has 0 bridgehead atoms. The van der Waals surface area contributed by atoms with Gasteiger partial charge in [0, 0.05) is 11.1 Å². The normalized spacial score (nSPS) is 10.4. The van der Waals surface area contributed by atoms with Gasteiger partial charge in [0.05, 0.1) is 6.61 Å². The molecule has 0 atom stereocenters. The standard InChI is InChI=1S/C20H18O2/c21-14-15-22-20-18(16-8-3-1-4-9-16)12-7-13-19(20)17-10-5-2-6-11-17/h1-13,21H,14-15H2. The van der Waals surface area contributed by atoms with Crippen molar-refractivity contribution in [2.75, 3.05) is 13.2 Å². The van der Waals surface area contributed by atoms with E-state index in [0.29, 0.717) is 0 Å². The molecule has 3 rings (SSSR count). The summed E-state index contributed by atoms with van der Waals surface area (Å²) in [5.41, 5.74) is 4.28. The monoisotopic (exact) mass is 290 g/mol. The largest absolute Gasteiger partial charge is 0.490 e. The van der Waals surface area contributed by atoms with Crippen molar-refractivity contribution in [3.63, 3.8) is 0 Å². The number of benzene rings is 3. The highest BCUT2D eigenvalue weighted by Crippen LogP contribution is 2.38. The van der Waals surface area contributed by atoms with E-state index >= 15 is 0 Å². The zero-order chi connectivity index (χ0) is 15.2. The Labute approximate surface area is 130 Å². The van der Waals surface area contributed by atoms with Crippen LogP contribution in [0.25, 0.3) is 22.3 Å². The molecule has 0 amide bonds. The van der Waals surface area contributed by atoms with E-state index in [1.165, 1.54) is 0 Å². The Morgan fingerprint density at radius 2 is 1.14 bits per heavy atom. The Bertz CT molecular complexity index is 663. The average molecular weight is 290 g/mol. The predicted octanol–water partition coefficient (Wildman–Crippen LogP) is 4.39. The first-order chi connectivity index (χ1) is 10.9. The number of aliphatic hydroxyl groups is 1. The van der Waals surface area contributed by atoms with Crippen LogP contribution < -0.4 is 4.74 Å². The zero-order valence-corrected chi connectivity index (χ0v) is 12.3. The molecule has 0 saturated heterocycles. The molecule has 0 aliphatic carbocycles. The summed E-state index contributed by atoms with van der Waals surface area (Å²) in [6, 6.07) is 26.5. The van der Waals surface area contributed by atoms with Gasteiger partial charge in [-0.1, -0.05) is 78.9 Å². The maximum Gasteiger partial charge on any atom is 0.135 e. The minimum Gasteiger partial charge on any atom is -0.490 e. The molecule has 0 saturated carbocycles. The van der Waals surface area contributed by atoms with Crippen molar-refractivity contribution < 1.29 is 9.84 Å². The Hall–Kier alpha value is -2.58. The van der Waals surface area contributed by atoms with Gasteiger partial charge >= 0.3 is 0 Å². The molecule has 0 fully saturated rings. The molecule has 1 N–H and O–H groups in total. The van der Waals surface area contributed by atoms with E-state index in [4.69, 9.17) is 9.84 Å². The summed E-state index contributed by atoms with van der Waals surface area (Å²) in [4.78, 5) is 0. The first kappa shape index (κ1) is 14.4. The fourth-order valence-corrected chi connectivity index (χ4v) is 2.53. The van der Waals surface area contributed by atoms with Gasteiger partial charge in [0.1, 0.15) is 12.4 Å². The lowest BCUT2D eigenvalue weighted by Gasteiger charge is -2.16. The second-order valence-corrected chi connectivity index (χ2v) is 4.99. The maximum absolute atomic E-state index is 9.13. The maximum atomic E-state index is 9.13. The zero-order valence-electron chi connectivity index (χ0n) is 12.3. The van der Waals surface area contributed by atoms with E-state index in [9.17, 15) is 0 Å². The van der Waals surface area contributed by atoms with Crippen LogP contribution in [-0.4, -0.2) is 18.3 Å². The van der Waals surface area contributed by atoms with Crippen molar-refractivity contribution in [2.24, 2.45) is 0 Å². The van der Waals surface area contributed by atoms with Gasteiger partial charge in [-0.25, -0.2) is 0 Å². The van der Waals surface area contributed by atoms with Crippen LogP contribution in [0.3, 0.4) is 0 Å². The summed E-state index contributed by atoms with van der Waals surface area (Å²) in [7, 11) is 0. The van der Waals surface area contributed by atoms with Crippen LogP contribution in [0.1, 0.15) is 0 Å². The van der Waals surface area contributed by atoms with Crippen LogP contribution in [-0.2, 0) is 0 Å².